The third-order valence-electron chi connectivity index (χ3n) is 3.62. The van der Waals surface area contributed by atoms with Gasteiger partial charge in [-0.25, -0.2) is 8.78 Å². The zero-order chi connectivity index (χ0) is 17.6. The monoisotopic (exact) mass is 328 g/mol. The Kier molecular flexibility index (Phi) is 4.93. The van der Waals surface area contributed by atoms with Gasteiger partial charge in [0, 0.05) is 16.7 Å². The van der Waals surface area contributed by atoms with Crippen LogP contribution in [0.4, 0.5) is 8.78 Å². The quantitative estimate of drug-likeness (QED) is 0.505. The Labute approximate surface area is 146 Å². The van der Waals surface area contributed by atoms with E-state index in [4.69, 9.17) is 0 Å². The summed E-state index contributed by atoms with van der Waals surface area (Å²) in [6.07, 6.45) is 0. The molecule has 0 N–H and O–H groups in total. The molecule has 0 aliphatic rings. The van der Waals surface area contributed by atoms with Gasteiger partial charge in [0.25, 0.3) is 0 Å². The van der Waals surface area contributed by atoms with Crippen LogP contribution in [-0.4, -0.2) is 0 Å². The molecular weight excluding hydrogens is 314 g/mol. The fourth-order valence-electron chi connectivity index (χ4n) is 2.15. The molecule has 0 aromatic heterocycles. The molecule has 0 heterocycles. The van der Waals surface area contributed by atoms with Gasteiger partial charge in [-0.15, -0.1) is 0 Å². The summed E-state index contributed by atoms with van der Waals surface area (Å²) in [7, 11) is 0. The molecule has 0 aliphatic heterocycles. The zero-order valence-electron chi connectivity index (χ0n) is 13.6. The number of benzene rings is 3. The SMILES string of the molecule is Cc1ccc(C#Cc2ccc(C#Cc3ccccc3F)cc2)cc1F. The molecule has 3 rings (SSSR count). The third-order valence-corrected chi connectivity index (χ3v) is 3.62. The fourth-order valence-corrected chi connectivity index (χ4v) is 2.15. The summed E-state index contributed by atoms with van der Waals surface area (Å²) in [6, 6.07) is 18.7. The van der Waals surface area contributed by atoms with Gasteiger partial charge in [-0.3, -0.25) is 0 Å². The molecule has 0 saturated heterocycles. The smallest absolute Gasteiger partial charge is 0.138 e. The molecule has 0 spiro atoms. The highest BCUT2D eigenvalue weighted by Gasteiger charge is 1.97. The van der Waals surface area contributed by atoms with Gasteiger partial charge < -0.3 is 0 Å². The Balaban J connectivity index is 1.76. The van der Waals surface area contributed by atoms with Crippen molar-refractivity contribution in [2.75, 3.05) is 0 Å². The Morgan fingerprint density at radius 1 is 0.600 bits per heavy atom. The first kappa shape index (κ1) is 16.5. The summed E-state index contributed by atoms with van der Waals surface area (Å²) in [6.45, 7) is 1.72. The molecule has 0 radical (unpaired) electrons. The van der Waals surface area contributed by atoms with E-state index in [1.807, 2.05) is 24.3 Å². The van der Waals surface area contributed by atoms with E-state index >= 15 is 0 Å². The van der Waals surface area contributed by atoms with E-state index in [-0.39, 0.29) is 11.6 Å². The highest BCUT2D eigenvalue weighted by Crippen LogP contribution is 2.09. The molecule has 0 fully saturated rings. The normalized spacial score (nSPS) is 9.56. The molecule has 3 aromatic carbocycles. The van der Waals surface area contributed by atoms with Gasteiger partial charge in [0.2, 0.25) is 0 Å². The Morgan fingerprint density at radius 2 is 1.16 bits per heavy atom. The first-order chi connectivity index (χ1) is 12.1. The summed E-state index contributed by atoms with van der Waals surface area (Å²) in [4.78, 5) is 0. The van der Waals surface area contributed by atoms with Gasteiger partial charge in [0.15, 0.2) is 0 Å². The molecule has 0 atom stereocenters. The molecule has 0 aliphatic carbocycles. The van der Waals surface area contributed by atoms with Gasteiger partial charge in [0.05, 0.1) is 5.56 Å². The van der Waals surface area contributed by atoms with Crippen LogP contribution in [0.2, 0.25) is 0 Å². The number of aryl methyl sites for hydroxylation is 1. The van der Waals surface area contributed by atoms with Crippen LogP contribution in [0.1, 0.15) is 27.8 Å². The van der Waals surface area contributed by atoms with E-state index in [0.29, 0.717) is 16.7 Å². The van der Waals surface area contributed by atoms with E-state index in [1.165, 1.54) is 12.1 Å². The Bertz CT molecular complexity index is 1020. The first-order valence-electron chi connectivity index (χ1n) is 7.76. The van der Waals surface area contributed by atoms with Crippen LogP contribution in [0.25, 0.3) is 0 Å². The van der Waals surface area contributed by atoms with Gasteiger partial charge in [-0.05, 0) is 61.0 Å². The summed E-state index contributed by atoms with van der Waals surface area (Å²) in [5.41, 5.74) is 3.18. The van der Waals surface area contributed by atoms with Crippen molar-refractivity contribution in [2.45, 2.75) is 6.92 Å². The molecule has 0 unspecified atom stereocenters. The molecule has 0 bridgehead atoms. The molecule has 0 amide bonds. The maximum absolute atomic E-state index is 13.5. The minimum absolute atomic E-state index is 0.259. The number of rotatable bonds is 0. The summed E-state index contributed by atoms with van der Waals surface area (Å²) in [5, 5.41) is 0. The average molecular weight is 328 g/mol. The van der Waals surface area contributed by atoms with Crippen molar-refractivity contribution < 1.29 is 8.78 Å². The van der Waals surface area contributed by atoms with E-state index < -0.39 is 0 Å². The maximum Gasteiger partial charge on any atom is 0.138 e. The van der Waals surface area contributed by atoms with Crippen LogP contribution in [0, 0.1) is 42.2 Å². The minimum atomic E-state index is -0.331. The van der Waals surface area contributed by atoms with E-state index in [1.54, 1.807) is 37.3 Å². The topological polar surface area (TPSA) is 0 Å². The fraction of sp³-hybridized carbons (Fsp3) is 0.0435. The molecule has 3 aromatic rings. The van der Waals surface area contributed by atoms with Gasteiger partial charge in [-0.2, -0.15) is 0 Å². The second-order valence-electron chi connectivity index (χ2n) is 5.52. The van der Waals surface area contributed by atoms with E-state index in [0.717, 1.165) is 11.1 Å². The second-order valence-corrected chi connectivity index (χ2v) is 5.52. The largest absolute Gasteiger partial charge is 0.207 e. The maximum atomic E-state index is 13.5. The number of halogens is 2. The van der Waals surface area contributed by atoms with E-state index in [9.17, 15) is 8.78 Å². The zero-order valence-corrected chi connectivity index (χ0v) is 13.6. The molecule has 25 heavy (non-hydrogen) atoms. The van der Waals surface area contributed by atoms with Crippen LogP contribution in [-0.2, 0) is 0 Å². The predicted octanol–water partition coefficient (Wildman–Crippen LogP) is 5.07. The van der Waals surface area contributed by atoms with Crippen LogP contribution in [0.3, 0.4) is 0 Å². The molecule has 2 heteroatoms. The van der Waals surface area contributed by atoms with Gasteiger partial charge in [0.1, 0.15) is 11.6 Å². The van der Waals surface area contributed by atoms with Crippen molar-refractivity contribution in [3.05, 3.63) is 106 Å². The highest BCUT2D eigenvalue weighted by molar-refractivity contribution is 5.48. The van der Waals surface area contributed by atoms with E-state index in [2.05, 4.69) is 23.7 Å². The van der Waals surface area contributed by atoms with Crippen LogP contribution >= 0.6 is 0 Å². The third kappa shape index (κ3) is 4.34. The van der Waals surface area contributed by atoms with Gasteiger partial charge in [-0.1, -0.05) is 41.9 Å². The van der Waals surface area contributed by atoms with Crippen LogP contribution in [0.15, 0.2) is 66.7 Å². The van der Waals surface area contributed by atoms with Crippen LogP contribution in [0.5, 0.6) is 0 Å². The van der Waals surface area contributed by atoms with Crippen molar-refractivity contribution >= 4 is 0 Å². The summed E-state index contributed by atoms with van der Waals surface area (Å²) in [5.74, 6) is 11.1. The van der Waals surface area contributed by atoms with Crippen molar-refractivity contribution in [1.82, 2.24) is 0 Å². The summed E-state index contributed by atoms with van der Waals surface area (Å²) >= 11 is 0. The van der Waals surface area contributed by atoms with Crippen LogP contribution < -0.4 is 0 Å². The number of hydrogen-bond donors (Lipinski definition) is 0. The lowest BCUT2D eigenvalue weighted by Crippen LogP contribution is -1.84. The van der Waals surface area contributed by atoms with Crippen molar-refractivity contribution in [2.24, 2.45) is 0 Å². The minimum Gasteiger partial charge on any atom is -0.207 e. The first-order valence-corrected chi connectivity index (χ1v) is 7.76. The lowest BCUT2D eigenvalue weighted by atomic mass is 10.1. The van der Waals surface area contributed by atoms with Crippen molar-refractivity contribution in [3.63, 3.8) is 0 Å². The molecule has 120 valence electrons. The predicted molar refractivity (Wildman–Crippen MR) is 95.9 cm³/mol. The standard InChI is InChI=1S/C23H14F2/c1-17-6-7-20(16-23(17)25)13-12-18-8-10-19(11-9-18)14-15-21-4-2-3-5-22(21)24/h2-11,16H,1H3. The highest BCUT2D eigenvalue weighted by atomic mass is 19.1. The second kappa shape index (κ2) is 7.47. The Hall–Kier alpha value is -3.36. The van der Waals surface area contributed by atoms with Crippen molar-refractivity contribution in [1.29, 1.82) is 0 Å². The average Bonchev–Trinajstić information content (AvgIpc) is 2.63. The number of hydrogen-bond acceptors (Lipinski definition) is 0. The van der Waals surface area contributed by atoms with Crippen molar-refractivity contribution in [3.8, 4) is 23.7 Å². The molecule has 0 nitrogen and oxygen atoms in total. The lowest BCUT2D eigenvalue weighted by molar-refractivity contribution is 0.618. The van der Waals surface area contributed by atoms with Gasteiger partial charge >= 0.3 is 0 Å². The lowest BCUT2D eigenvalue weighted by Gasteiger charge is -1.96. The molecular formula is C23H14F2. The molecule has 0 saturated carbocycles. The Morgan fingerprint density at radius 3 is 1.80 bits per heavy atom. The summed E-state index contributed by atoms with van der Waals surface area (Å²) < 4.78 is 27.0.